The first-order valence-electron chi connectivity index (χ1n) is 6.15. The average Bonchev–Trinajstić information content (AvgIpc) is 2.76. The van der Waals surface area contributed by atoms with Crippen LogP contribution in [0.25, 0.3) is 0 Å². The smallest absolute Gasteiger partial charge is 0.411 e. The summed E-state index contributed by atoms with van der Waals surface area (Å²) in [7, 11) is 1.30. The first kappa shape index (κ1) is 14.5. The van der Waals surface area contributed by atoms with Gasteiger partial charge in [0.05, 0.1) is 7.11 Å². The summed E-state index contributed by atoms with van der Waals surface area (Å²) in [6.07, 6.45) is 4.64. The van der Waals surface area contributed by atoms with Gasteiger partial charge in [-0.25, -0.2) is 9.59 Å². The Balaban J connectivity index is 2.64. The van der Waals surface area contributed by atoms with Gasteiger partial charge in [-0.05, 0) is 20.3 Å². The fourth-order valence-electron chi connectivity index (χ4n) is 1.98. The molecule has 1 amide bonds. The third kappa shape index (κ3) is 3.48. The minimum absolute atomic E-state index is 0.376. The maximum absolute atomic E-state index is 12.0. The molecule has 102 valence electrons. The summed E-state index contributed by atoms with van der Waals surface area (Å²) < 4.78 is 10.1. The van der Waals surface area contributed by atoms with Crippen LogP contribution >= 0.6 is 0 Å². The van der Waals surface area contributed by atoms with Gasteiger partial charge in [-0.3, -0.25) is 4.90 Å². The average molecular weight is 255 g/mol. The third-order valence-corrected chi connectivity index (χ3v) is 2.85. The van der Waals surface area contributed by atoms with Gasteiger partial charge >= 0.3 is 12.1 Å². The van der Waals surface area contributed by atoms with Gasteiger partial charge in [0.2, 0.25) is 0 Å². The van der Waals surface area contributed by atoms with Crippen molar-refractivity contribution in [3.8, 4) is 0 Å². The minimum Gasteiger partial charge on any atom is -0.467 e. The molecule has 0 bridgehead atoms. The lowest BCUT2D eigenvalue weighted by Gasteiger charge is -2.29. The van der Waals surface area contributed by atoms with Crippen molar-refractivity contribution in [3.05, 3.63) is 12.2 Å². The van der Waals surface area contributed by atoms with Crippen LogP contribution in [0.4, 0.5) is 4.79 Å². The highest BCUT2D eigenvalue weighted by Gasteiger charge is 2.34. The fraction of sp³-hybridized carbons (Fsp3) is 0.692. The highest BCUT2D eigenvalue weighted by atomic mass is 16.6. The SMILES string of the molecule is CCCC(C)(C)OC(=O)N1CC=C[C@H]1C(=O)OC. The largest absolute Gasteiger partial charge is 0.467 e. The van der Waals surface area contributed by atoms with Crippen LogP contribution in [0.2, 0.25) is 0 Å². The molecule has 0 saturated carbocycles. The molecule has 5 nitrogen and oxygen atoms in total. The van der Waals surface area contributed by atoms with Crippen LogP contribution in [0.5, 0.6) is 0 Å². The molecule has 5 heteroatoms. The van der Waals surface area contributed by atoms with Gasteiger partial charge in [-0.1, -0.05) is 25.5 Å². The van der Waals surface area contributed by atoms with Gasteiger partial charge in [0, 0.05) is 6.54 Å². The zero-order valence-corrected chi connectivity index (χ0v) is 11.4. The highest BCUT2D eigenvalue weighted by molar-refractivity contribution is 5.84. The van der Waals surface area contributed by atoms with Gasteiger partial charge in [0.1, 0.15) is 5.60 Å². The predicted octanol–water partition coefficient (Wildman–Crippen LogP) is 2.12. The molecule has 0 fully saturated rings. The minimum atomic E-state index is -0.667. The molecule has 1 aliphatic heterocycles. The zero-order valence-electron chi connectivity index (χ0n) is 11.4. The monoisotopic (exact) mass is 255 g/mol. The van der Waals surface area contributed by atoms with Crippen LogP contribution in [0.1, 0.15) is 33.6 Å². The quantitative estimate of drug-likeness (QED) is 0.570. The lowest BCUT2D eigenvalue weighted by atomic mass is 10.0. The Bertz CT molecular complexity index is 349. The van der Waals surface area contributed by atoms with E-state index in [1.165, 1.54) is 12.0 Å². The first-order valence-corrected chi connectivity index (χ1v) is 6.15. The summed E-state index contributed by atoms with van der Waals surface area (Å²) in [5.41, 5.74) is -0.519. The first-order chi connectivity index (χ1) is 8.41. The van der Waals surface area contributed by atoms with E-state index in [9.17, 15) is 9.59 Å². The van der Waals surface area contributed by atoms with E-state index in [-0.39, 0.29) is 0 Å². The summed E-state index contributed by atoms with van der Waals surface area (Å²) in [4.78, 5) is 24.9. The van der Waals surface area contributed by atoms with Crippen molar-refractivity contribution < 1.29 is 19.1 Å². The molecule has 0 aromatic heterocycles. The molecule has 0 radical (unpaired) electrons. The molecule has 0 aromatic carbocycles. The third-order valence-electron chi connectivity index (χ3n) is 2.85. The number of esters is 1. The second kappa shape index (κ2) is 5.89. The highest BCUT2D eigenvalue weighted by Crippen LogP contribution is 2.20. The Morgan fingerprint density at radius 3 is 2.67 bits per heavy atom. The van der Waals surface area contributed by atoms with Crippen molar-refractivity contribution in [2.24, 2.45) is 0 Å². The molecular weight excluding hydrogens is 234 g/mol. The van der Waals surface area contributed by atoms with E-state index < -0.39 is 23.7 Å². The van der Waals surface area contributed by atoms with Crippen LogP contribution in [-0.2, 0) is 14.3 Å². The number of nitrogens with zero attached hydrogens (tertiary/aromatic N) is 1. The topological polar surface area (TPSA) is 55.8 Å². The number of hydrogen-bond donors (Lipinski definition) is 0. The van der Waals surface area contributed by atoms with Crippen molar-refractivity contribution in [1.29, 1.82) is 0 Å². The van der Waals surface area contributed by atoms with Crippen molar-refractivity contribution in [2.45, 2.75) is 45.3 Å². The summed E-state index contributed by atoms with van der Waals surface area (Å²) in [6, 6.07) is -0.667. The van der Waals surface area contributed by atoms with E-state index in [0.717, 1.165) is 12.8 Å². The molecule has 0 spiro atoms. The number of ether oxygens (including phenoxy) is 2. The molecule has 1 aliphatic rings. The summed E-state index contributed by atoms with van der Waals surface area (Å²) in [6.45, 7) is 6.14. The van der Waals surface area contributed by atoms with Crippen LogP contribution in [-0.4, -0.2) is 42.3 Å². The number of hydrogen-bond acceptors (Lipinski definition) is 4. The summed E-state index contributed by atoms with van der Waals surface area (Å²) in [5.74, 6) is -0.450. The van der Waals surface area contributed by atoms with E-state index in [1.807, 2.05) is 20.8 Å². The Kier molecular flexibility index (Phi) is 4.76. The van der Waals surface area contributed by atoms with Crippen molar-refractivity contribution in [1.82, 2.24) is 4.90 Å². The number of amides is 1. The van der Waals surface area contributed by atoms with Crippen molar-refractivity contribution in [2.75, 3.05) is 13.7 Å². The molecule has 1 rings (SSSR count). The van der Waals surface area contributed by atoms with Crippen LogP contribution in [0.15, 0.2) is 12.2 Å². The molecule has 0 aromatic rings. The Morgan fingerprint density at radius 1 is 1.44 bits per heavy atom. The molecule has 0 aliphatic carbocycles. The second-order valence-electron chi connectivity index (χ2n) is 4.93. The zero-order chi connectivity index (χ0) is 13.8. The molecular formula is C13H21NO4. The van der Waals surface area contributed by atoms with Crippen LogP contribution < -0.4 is 0 Å². The molecule has 1 heterocycles. The van der Waals surface area contributed by atoms with Gasteiger partial charge in [0.25, 0.3) is 0 Å². The van der Waals surface area contributed by atoms with E-state index in [0.29, 0.717) is 6.54 Å². The van der Waals surface area contributed by atoms with Gasteiger partial charge < -0.3 is 9.47 Å². The van der Waals surface area contributed by atoms with Gasteiger partial charge in [-0.2, -0.15) is 0 Å². The van der Waals surface area contributed by atoms with Gasteiger partial charge in [0.15, 0.2) is 6.04 Å². The number of methoxy groups -OCH3 is 1. The Hall–Kier alpha value is -1.52. The normalized spacial score (nSPS) is 18.9. The predicted molar refractivity (Wildman–Crippen MR) is 67.1 cm³/mol. The fourth-order valence-corrected chi connectivity index (χ4v) is 1.98. The van der Waals surface area contributed by atoms with E-state index in [1.54, 1.807) is 12.2 Å². The number of rotatable bonds is 4. The summed E-state index contributed by atoms with van der Waals surface area (Å²) in [5, 5.41) is 0. The maximum atomic E-state index is 12.0. The summed E-state index contributed by atoms with van der Waals surface area (Å²) >= 11 is 0. The Labute approximate surface area is 108 Å². The number of carbonyl (C=O) groups is 2. The lowest BCUT2D eigenvalue weighted by molar-refractivity contribution is -0.144. The lowest BCUT2D eigenvalue weighted by Crippen LogP contribution is -2.44. The van der Waals surface area contributed by atoms with Gasteiger partial charge in [-0.15, -0.1) is 0 Å². The van der Waals surface area contributed by atoms with E-state index in [4.69, 9.17) is 4.74 Å². The molecule has 0 unspecified atom stereocenters. The standard InChI is InChI=1S/C13H21NO4/c1-5-8-13(2,3)18-12(16)14-9-6-7-10(14)11(15)17-4/h6-7,10H,5,8-9H2,1-4H3/t10-/m0/s1. The molecule has 18 heavy (non-hydrogen) atoms. The maximum Gasteiger partial charge on any atom is 0.411 e. The second-order valence-corrected chi connectivity index (χ2v) is 4.93. The molecule has 0 N–H and O–H groups in total. The number of carbonyl (C=O) groups excluding carboxylic acids is 2. The molecule has 0 saturated heterocycles. The van der Waals surface area contributed by atoms with Crippen LogP contribution in [0.3, 0.4) is 0 Å². The van der Waals surface area contributed by atoms with E-state index >= 15 is 0 Å². The van der Waals surface area contributed by atoms with Crippen molar-refractivity contribution in [3.63, 3.8) is 0 Å². The Morgan fingerprint density at radius 2 is 2.11 bits per heavy atom. The van der Waals surface area contributed by atoms with E-state index in [2.05, 4.69) is 4.74 Å². The van der Waals surface area contributed by atoms with Crippen LogP contribution in [0, 0.1) is 0 Å². The molecule has 1 atom stereocenters. The van der Waals surface area contributed by atoms with Crippen molar-refractivity contribution >= 4 is 12.1 Å².